The molecule has 0 aromatic carbocycles. The predicted molar refractivity (Wildman–Crippen MR) is 50.0 cm³/mol. The van der Waals surface area contributed by atoms with Gasteiger partial charge in [-0.1, -0.05) is 29.7 Å². The molecule has 0 amide bonds. The Kier molecular flexibility index (Phi) is 402. The molecular weight excluding hydrogens is 236 g/mol. The van der Waals surface area contributed by atoms with Crippen LogP contribution in [0.25, 0.3) is 0 Å². The maximum atomic E-state index is 9.69. The number of hydrogen-bond donors (Lipinski definition) is 0. The zero-order valence-electron chi connectivity index (χ0n) is 5.14. The molecule has 0 aliphatic rings. The molecule has 0 heterocycles. The standard InChI is InChI=1S/2CF2O.2CO.4CH4/c2*2-1(3)4;2*1-2;;;;/h;;;;4*1H4. The van der Waals surface area contributed by atoms with Crippen LogP contribution in [0.3, 0.4) is 0 Å². The van der Waals surface area contributed by atoms with Gasteiger partial charge >= 0.3 is 35.2 Å². The van der Waals surface area contributed by atoms with Crippen LogP contribution in [0.15, 0.2) is 0 Å². The molecule has 0 radical (unpaired) electrons. The van der Waals surface area contributed by atoms with E-state index in [1.807, 2.05) is 0 Å². The van der Waals surface area contributed by atoms with Crippen molar-refractivity contribution in [3.05, 3.63) is 13.3 Å². The third-order valence-corrected chi connectivity index (χ3v) is 0. The van der Waals surface area contributed by atoms with Crippen molar-refractivity contribution in [2.45, 2.75) is 29.7 Å². The first-order valence-electron chi connectivity index (χ1n) is 1.57. The van der Waals surface area contributed by atoms with Gasteiger partial charge in [0.05, 0.1) is 0 Å². The molecule has 0 aromatic rings. The van der Waals surface area contributed by atoms with Gasteiger partial charge in [0.25, 0.3) is 0 Å². The number of halogens is 4. The minimum absolute atomic E-state index is 0. The Morgan fingerprint density at radius 1 is 0.625 bits per heavy atom. The van der Waals surface area contributed by atoms with Crippen LogP contribution in [0.1, 0.15) is 29.7 Å². The van der Waals surface area contributed by atoms with E-state index in [4.69, 9.17) is 18.9 Å². The summed E-state index contributed by atoms with van der Waals surface area (Å²) in [5.41, 5.74) is 0. The topological polar surface area (TPSA) is 73.9 Å². The molecule has 16 heavy (non-hydrogen) atoms. The van der Waals surface area contributed by atoms with Crippen LogP contribution in [-0.4, -0.2) is 12.6 Å². The summed E-state index contributed by atoms with van der Waals surface area (Å²) in [7, 11) is 0. The molecule has 0 fully saturated rings. The molecule has 0 aliphatic carbocycles. The third kappa shape index (κ3) is 783. The molecule has 0 aliphatic heterocycles. The van der Waals surface area contributed by atoms with E-state index in [2.05, 4.69) is 13.3 Å². The Morgan fingerprint density at radius 2 is 0.625 bits per heavy atom. The average molecular weight is 252 g/mol. The van der Waals surface area contributed by atoms with Crippen molar-refractivity contribution >= 4 is 12.6 Å². The van der Waals surface area contributed by atoms with Crippen LogP contribution in [0.5, 0.6) is 0 Å². The maximum absolute atomic E-state index is 9.69. The summed E-state index contributed by atoms with van der Waals surface area (Å²) in [5.74, 6) is 0. The van der Waals surface area contributed by atoms with E-state index < -0.39 is 12.6 Å². The molecule has 0 atom stereocenters. The van der Waals surface area contributed by atoms with Gasteiger partial charge in [-0.2, -0.15) is 0 Å². The van der Waals surface area contributed by atoms with Crippen LogP contribution in [0.4, 0.5) is 27.2 Å². The van der Waals surface area contributed by atoms with Gasteiger partial charge < -0.3 is 0 Å². The monoisotopic (exact) mass is 252 g/mol. The first-order valence-corrected chi connectivity index (χ1v) is 1.57. The Labute approximate surface area is 93.1 Å². The quantitative estimate of drug-likeness (QED) is 0.274. The molecule has 0 saturated carbocycles. The number of carbonyl (C=O) groups is 2. The molecule has 0 aromatic heterocycles. The summed E-state index contributed by atoms with van der Waals surface area (Å²) >= 11 is 0. The number of hydrogen-bond acceptors (Lipinski definition) is 2. The van der Waals surface area contributed by atoms with Crippen molar-refractivity contribution < 1.29 is 36.5 Å². The van der Waals surface area contributed by atoms with Crippen LogP contribution in [0.2, 0.25) is 0 Å². The Hall–Kier alpha value is -1.46. The van der Waals surface area contributed by atoms with Gasteiger partial charge in [0, 0.05) is 0 Å². The van der Waals surface area contributed by atoms with E-state index in [-0.39, 0.29) is 29.7 Å². The molecule has 100 valence electrons. The first-order chi connectivity index (χ1) is 5.46. The normalized spacial score (nSPS) is 3.50. The second-order valence-electron chi connectivity index (χ2n) is 0.451. The van der Waals surface area contributed by atoms with Gasteiger partial charge in [0.15, 0.2) is 0 Å². The van der Waals surface area contributed by atoms with Crippen LogP contribution in [0, 0.1) is 13.3 Å². The van der Waals surface area contributed by atoms with Gasteiger partial charge in [-0.3, -0.25) is 0 Å². The summed E-state index contributed by atoms with van der Waals surface area (Å²) < 4.78 is 53.8. The second kappa shape index (κ2) is 103. The molecule has 0 unspecified atom stereocenters. The number of carbonyl (C=O) groups excluding carboxylic acids is 2. The van der Waals surface area contributed by atoms with E-state index in [1.54, 1.807) is 0 Å². The summed E-state index contributed by atoms with van der Waals surface area (Å²) in [4.78, 5) is 16.2. The first kappa shape index (κ1) is 62.3. The molecule has 0 rings (SSSR count). The summed E-state index contributed by atoms with van der Waals surface area (Å²) in [6.45, 7) is 9.00. The van der Waals surface area contributed by atoms with Gasteiger partial charge in [-0.25, -0.2) is 9.59 Å². The molecular formula is C8H16F4O4. The van der Waals surface area contributed by atoms with E-state index in [0.717, 1.165) is 0 Å². The van der Waals surface area contributed by atoms with Gasteiger partial charge in [-0.05, 0) is 0 Å². The van der Waals surface area contributed by atoms with Crippen LogP contribution in [-0.2, 0) is 9.30 Å². The van der Waals surface area contributed by atoms with Gasteiger partial charge in [0.2, 0.25) is 0 Å². The molecule has 0 spiro atoms. The molecule has 8 heteroatoms. The van der Waals surface area contributed by atoms with Crippen molar-refractivity contribution in [2.75, 3.05) is 0 Å². The van der Waals surface area contributed by atoms with Crippen LogP contribution < -0.4 is 0 Å². The number of rotatable bonds is 0. The zero-order valence-corrected chi connectivity index (χ0v) is 5.14. The molecule has 0 bridgehead atoms. The molecule has 4 nitrogen and oxygen atoms in total. The van der Waals surface area contributed by atoms with Crippen molar-refractivity contribution in [2.24, 2.45) is 0 Å². The fourth-order valence-corrected chi connectivity index (χ4v) is 0. The Balaban J connectivity index is -0.00000000857. The van der Waals surface area contributed by atoms with E-state index >= 15 is 0 Å². The average Bonchev–Trinajstić information content (AvgIpc) is 1.93. The van der Waals surface area contributed by atoms with Crippen molar-refractivity contribution in [1.29, 1.82) is 0 Å². The summed E-state index contributed by atoms with van der Waals surface area (Å²) in [5, 5.41) is 0. The van der Waals surface area contributed by atoms with Crippen molar-refractivity contribution in [3.8, 4) is 0 Å². The minimum atomic E-state index is -2.83. The van der Waals surface area contributed by atoms with Crippen LogP contribution >= 0.6 is 0 Å². The third-order valence-electron chi connectivity index (χ3n) is 0. The fraction of sp³-hybridized carbons (Fsp3) is 0.500. The second-order valence-corrected chi connectivity index (χ2v) is 0.451. The molecule has 0 N–H and O–H groups in total. The zero-order chi connectivity index (χ0) is 11.2. The predicted octanol–water partition coefficient (Wildman–Crippen LogP) is 4.56. The van der Waals surface area contributed by atoms with Gasteiger partial charge in [-0.15, -0.1) is 17.6 Å². The Morgan fingerprint density at radius 3 is 0.625 bits per heavy atom. The Bertz CT molecular complexity index is 131. The molecule has 0 saturated heterocycles. The van der Waals surface area contributed by atoms with Crippen molar-refractivity contribution in [1.82, 2.24) is 0 Å². The van der Waals surface area contributed by atoms with E-state index in [1.165, 1.54) is 0 Å². The van der Waals surface area contributed by atoms with Crippen molar-refractivity contribution in [3.63, 3.8) is 0 Å². The SMILES string of the molecule is C.C.C.C.O=C(F)F.O=C(F)F.[C-]#[O+].[C-]#[O+]. The summed E-state index contributed by atoms with van der Waals surface area (Å²) in [6.07, 6.45) is -5.67. The summed E-state index contributed by atoms with van der Waals surface area (Å²) in [6, 6.07) is 0. The van der Waals surface area contributed by atoms with E-state index in [0.29, 0.717) is 0 Å². The van der Waals surface area contributed by atoms with Gasteiger partial charge in [0.1, 0.15) is 0 Å². The fourth-order valence-electron chi connectivity index (χ4n) is 0. The van der Waals surface area contributed by atoms with E-state index in [9.17, 15) is 17.6 Å².